The summed E-state index contributed by atoms with van der Waals surface area (Å²) in [7, 11) is 0. The van der Waals surface area contributed by atoms with E-state index in [1.165, 1.54) is 36.4 Å². The summed E-state index contributed by atoms with van der Waals surface area (Å²) >= 11 is 17.2. The zero-order valence-electron chi connectivity index (χ0n) is 10.00. The molecule has 0 saturated heterocycles. The fraction of sp³-hybridized carbons (Fsp3) is 0.0714. The maximum atomic E-state index is 12.9. The molecule has 0 saturated carbocycles. The summed E-state index contributed by atoms with van der Waals surface area (Å²) in [5, 5.41) is -0.0663. The maximum absolute atomic E-state index is 12.9. The van der Waals surface area contributed by atoms with Crippen LogP contribution in [0, 0.1) is 5.82 Å². The van der Waals surface area contributed by atoms with Crippen LogP contribution in [0.15, 0.2) is 36.4 Å². The van der Waals surface area contributed by atoms with Gasteiger partial charge in [-0.25, -0.2) is 4.39 Å². The first-order valence-electron chi connectivity index (χ1n) is 5.53. The van der Waals surface area contributed by atoms with Crippen LogP contribution in [0.5, 0.6) is 5.75 Å². The Morgan fingerprint density at radius 1 is 1.10 bits per heavy atom. The second-order valence-electron chi connectivity index (χ2n) is 3.94. The molecule has 2 rings (SSSR count). The molecule has 0 N–H and O–H groups in total. The first-order chi connectivity index (χ1) is 9.47. The lowest BCUT2D eigenvalue weighted by atomic mass is 10.2. The van der Waals surface area contributed by atoms with E-state index in [0.717, 1.165) is 0 Å². The van der Waals surface area contributed by atoms with Crippen LogP contribution in [0.3, 0.4) is 0 Å². The number of carbonyl (C=O) groups is 1. The van der Waals surface area contributed by atoms with E-state index in [9.17, 15) is 9.18 Å². The monoisotopic (exact) mass is 332 g/mol. The van der Waals surface area contributed by atoms with Gasteiger partial charge in [-0.3, -0.25) is 4.79 Å². The van der Waals surface area contributed by atoms with Gasteiger partial charge in [-0.15, -0.1) is 0 Å². The molecule has 0 amide bonds. The van der Waals surface area contributed by atoms with Crippen LogP contribution in [0.4, 0.5) is 4.39 Å². The van der Waals surface area contributed by atoms with Gasteiger partial charge in [-0.2, -0.15) is 0 Å². The summed E-state index contributed by atoms with van der Waals surface area (Å²) in [5.74, 6) is -0.0320. The Bertz CT molecular complexity index is 659. The molecule has 6 heteroatoms. The highest BCUT2D eigenvalue weighted by Crippen LogP contribution is 2.28. The van der Waals surface area contributed by atoms with Crippen LogP contribution < -0.4 is 4.74 Å². The van der Waals surface area contributed by atoms with Gasteiger partial charge in [0.05, 0.1) is 10.0 Å². The second kappa shape index (κ2) is 6.44. The minimum atomic E-state index is -0.597. The van der Waals surface area contributed by atoms with Crippen molar-refractivity contribution in [1.82, 2.24) is 0 Å². The third-order valence-electron chi connectivity index (χ3n) is 2.56. The van der Waals surface area contributed by atoms with Crippen molar-refractivity contribution in [3.05, 3.63) is 63.4 Å². The highest BCUT2D eigenvalue weighted by atomic mass is 35.5. The molecule has 2 aromatic carbocycles. The van der Waals surface area contributed by atoms with Gasteiger partial charge >= 0.3 is 0 Å². The maximum Gasteiger partial charge on any atom is 0.252 e. The number of ether oxygens (including phenoxy) is 1. The minimum Gasteiger partial charge on any atom is -0.487 e. The largest absolute Gasteiger partial charge is 0.487 e. The van der Waals surface area contributed by atoms with Gasteiger partial charge in [0.15, 0.2) is 0 Å². The standard InChI is InChI=1S/C14H8Cl3FO2/c15-11-6-10(18)3-1-9(11)7-20-13-4-2-8(14(17)19)5-12(13)16/h1-6H,7H2. The molecule has 0 unspecified atom stereocenters. The lowest BCUT2D eigenvalue weighted by molar-refractivity contribution is 0.108. The summed E-state index contributed by atoms with van der Waals surface area (Å²) in [6.45, 7) is 0.132. The number of hydrogen-bond donors (Lipinski definition) is 0. The molecule has 0 radical (unpaired) electrons. The Kier molecular flexibility index (Phi) is 4.86. The van der Waals surface area contributed by atoms with Crippen LogP contribution in [0.1, 0.15) is 15.9 Å². The summed E-state index contributed by atoms with van der Waals surface area (Å²) in [6.07, 6.45) is 0. The lowest BCUT2D eigenvalue weighted by Gasteiger charge is -2.10. The van der Waals surface area contributed by atoms with Crippen molar-refractivity contribution in [3.8, 4) is 5.75 Å². The molecule has 20 heavy (non-hydrogen) atoms. The van der Waals surface area contributed by atoms with Gasteiger partial charge in [-0.05, 0) is 41.9 Å². The predicted octanol–water partition coefficient (Wildman–Crippen LogP) is 5.09. The summed E-state index contributed by atoms with van der Waals surface area (Å²) in [5.41, 5.74) is 0.908. The van der Waals surface area contributed by atoms with Crippen molar-refractivity contribution in [2.45, 2.75) is 6.61 Å². The Morgan fingerprint density at radius 3 is 2.45 bits per heavy atom. The molecule has 0 bridgehead atoms. The lowest BCUT2D eigenvalue weighted by Crippen LogP contribution is -1.98. The van der Waals surface area contributed by atoms with Gasteiger partial charge in [-0.1, -0.05) is 29.3 Å². The molecule has 0 aliphatic rings. The highest BCUT2D eigenvalue weighted by molar-refractivity contribution is 6.67. The van der Waals surface area contributed by atoms with E-state index < -0.39 is 11.1 Å². The van der Waals surface area contributed by atoms with Crippen LogP contribution in [-0.4, -0.2) is 5.24 Å². The zero-order chi connectivity index (χ0) is 14.7. The average Bonchev–Trinajstić information content (AvgIpc) is 2.38. The van der Waals surface area contributed by atoms with E-state index in [0.29, 0.717) is 11.3 Å². The van der Waals surface area contributed by atoms with Crippen molar-refractivity contribution in [3.63, 3.8) is 0 Å². The SMILES string of the molecule is O=C(Cl)c1ccc(OCc2ccc(F)cc2Cl)c(Cl)c1. The molecular formula is C14H8Cl3FO2. The van der Waals surface area contributed by atoms with Crippen molar-refractivity contribution < 1.29 is 13.9 Å². The first kappa shape index (κ1) is 15.1. The summed E-state index contributed by atoms with van der Waals surface area (Å²) in [4.78, 5) is 11.0. The second-order valence-corrected chi connectivity index (χ2v) is 5.10. The van der Waals surface area contributed by atoms with Gasteiger partial charge in [0.25, 0.3) is 5.24 Å². The van der Waals surface area contributed by atoms with E-state index in [-0.39, 0.29) is 22.2 Å². The minimum absolute atomic E-state index is 0.132. The Morgan fingerprint density at radius 2 is 1.85 bits per heavy atom. The van der Waals surface area contributed by atoms with Crippen LogP contribution in [0.2, 0.25) is 10.0 Å². The molecule has 0 spiro atoms. The van der Waals surface area contributed by atoms with E-state index in [1.807, 2.05) is 0 Å². The van der Waals surface area contributed by atoms with Gasteiger partial charge in [0.1, 0.15) is 18.2 Å². The van der Waals surface area contributed by atoms with Gasteiger partial charge in [0, 0.05) is 11.1 Å². The Labute approximate surface area is 130 Å². The van der Waals surface area contributed by atoms with Crippen LogP contribution in [-0.2, 0) is 6.61 Å². The molecule has 0 aliphatic heterocycles. The van der Waals surface area contributed by atoms with E-state index in [4.69, 9.17) is 39.5 Å². The molecule has 0 aromatic heterocycles. The third-order valence-corrected chi connectivity index (χ3v) is 3.42. The number of halogens is 4. The smallest absolute Gasteiger partial charge is 0.252 e. The zero-order valence-corrected chi connectivity index (χ0v) is 12.3. The average molecular weight is 334 g/mol. The molecule has 0 heterocycles. The molecule has 0 atom stereocenters. The number of carbonyl (C=O) groups excluding carboxylic acids is 1. The quantitative estimate of drug-likeness (QED) is 0.728. The predicted molar refractivity (Wildman–Crippen MR) is 77.4 cm³/mol. The number of benzene rings is 2. The van der Waals surface area contributed by atoms with Gasteiger partial charge < -0.3 is 4.74 Å². The molecule has 104 valence electrons. The fourth-order valence-electron chi connectivity index (χ4n) is 1.53. The molecular weight excluding hydrogens is 326 g/mol. The van der Waals surface area contributed by atoms with Crippen LogP contribution in [0.25, 0.3) is 0 Å². The highest BCUT2D eigenvalue weighted by Gasteiger charge is 2.09. The fourth-order valence-corrected chi connectivity index (χ4v) is 2.11. The molecule has 2 aromatic rings. The summed E-state index contributed by atoms with van der Waals surface area (Å²) in [6, 6.07) is 8.48. The van der Waals surface area contributed by atoms with E-state index in [1.54, 1.807) is 0 Å². The first-order valence-corrected chi connectivity index (χ1v) is 6.67. The number of hydrogen-bond acceptors (Lipinski definition) is 2. The van der Waals surface area contributed by atoms with Crippen molar-refractivity contribution >= 4 is 40.0 Å². The van der Waals surface area contributed by atoms with Crippen molar-refractivity contribution in [2.75, 3.05) is 0 Å². The Balaban J connectivity index is 2.13. The number of rotatable bonds is 4. The van der Waals surface area contributed by atoms with Crippen molar-refractivity contribution in [2.24, 2.45) is 0 Å². The van der Waals surface area contributed by atoms with E-state index >= 15 is 0 Å². The van der Waals surface area contributed by atoms with Crippen molar-refractivity contribution in [1.29, 1.82) is 0 Å². The molecule has 0 fully saturated rings. The third kappa shape index (κ3) is 3.63. The summed E-state index contributed by atoms with van der Waals surface area (Å²) < 4.78 is 18.4. The molecule has 0 aliphatic carbocycles. The Hall–Kier alpha value is -1.29. The van der Waals surface area contributed by atoms with Crippen LogP contribution >= 0.6 is 34.8 Å². The van der Waals surface area contributed by atoms with Gasteiger partial charge in [0.2, 0.25) is 0 Å². The van der Waals surface area contributed by atoms with E-state index in [2.05, 4.69) is 0 Å². The molecule has 2 nitrogen and oxygen atoms in total. The normalized spacial score (nSPS) is 10.4. The topological polar surface area (TPSA) is 26.3 Å².